The van der Waals surface area contributed by atoms with E-state index in [1.807, 2.05) is 86.6 Å². The maximum absolute atomic E-state index is 12.2. The second kappa shape index (κ2) is 10.3. The highest BCUT2D eigenvalue weighted by molar-refractivity contribution is 6.30. The molecule has 3 aromatic carbocycles. The molecule has 0 fully saturated rings. The summed E-state index contributed by atoms with van der Waals surface area (Å²) in [5.41, 5.74) is 2.57. The van der Waals surface area contributed by atoms with E-state index in [4.69, 9.17) is 16.3 Å². The summed E-state index contributed by atoms with van der Waals surface area (Å²) in [6, 6.07) is 23.0. The van der Waals surface area contributed by atoms with E-state index in [2.05, 4.69) is 15.5 Å². The molecule has 1 heterocycles. The zero-order valence-electron chi connectivity index (χ0n) is 18.6. The van der Waals surface area contributed by atoms with Gasteiger partial charge >= 0.3 is 0 Å². The quantitative estimate of drug-likeness (QED) is 0.352. The van der Waals surface area contributed by atoms with Crippen LogP contribution in [0.4, 0.5) is 11.5 Å². The normalized spacial score (nSPS) is 10.8. The highest BCUT2D eigenvalue weighted by Crippen LogP contribution is 2.32. The summed E-state index contributed by atoms with van der Waals surface area (Å²) in [7, 11) is 0. The summed E-state index contributed by atoms with van der Waals surface area (Å²) in [4.78, 5) is 13.9. The van der Waals surface area contributed by atoms with Gasteiger partial charge in [0.2, 0.25) is 0 Å². The third-order valence-corrected chi connectivity index (χ3v) is 5.65. The van der Waals surface area contributed by atoms with Gasteiger partial charge in [-0.15, -0.1) is 10.2 Å². The zero-order chi connectivity index (χ0) is 23.2. The van der Waals surface area contributed by atoms with Crippen LogP contribution in [0.2, 0.25) is 5.02 Å². The molecule has 4 rings (SSSR count). The first-order chi connectivity index (χ1) is 16.1. The van der Waals surface area contributed by atoms with Gasteiger partial charge in [0.15, 0.2) is 12.4 Å². The lowest BCUT2D eigenvalue weighted by atomic mass is 10.0. The van der Waals surface area contributed by atoms with E-state index in [-0.39, 0.29) is 12.5 Å². The van der Waals surface area contributed by atoms with Crippen LogP contribution < -0.4 is 10.1 Å². The summed E-state index contributed by atoms with van der Waals surface area (Å²) in [5.74, 6) is 1.29. The second-order valence-corrected chi connectivity index (χ2v) is 7.89. The van der Waals surface area contributed by atoms with Gasteiger partial charge in [-0.1, -0.05) is 35.9 Å². The number of rotatable bonds is 8. The van der Waals surface area contributed by atoms with Crippen LogP contribution in [0.25, 0.3) is 22.0 Å². The molecule has 0 atom stereocenters. The highest BCUT2D eigenvalue weighted by Gasteiger charge is 2.13. The number of hydrogen-bond acceptors (Lipinski definition) is 5. The largest absolute Gasteiger partial charge is 0.484 e. The molecule has 0 radical (unpaired) electrons. The summed E-state index contributed by atoms with van der Waals surface area (Å²) in [5, 5.41) is 14.9. The van der Waals surface area contributed by atoms with E-state index in [1.165, 1.54) is 0 Å². The van der Waals surface area contributed by atoms with Crippen LogP contribution >= 0.6 is 11.6 Å². The van der Waals surface area contributed by atoms with Gasteiger partial charge in [-0.05, 0) is 62.4 Å². The Morgan fingerprint density at radius 2 is 1.58 bits per heavy atom. The Bertz CT molecular complexity index is 1240. The lowest BCUT2D eigenvalue weighted by Gasteiger charge is -2.18. The molecule has 0 saturated heterocycles. The molecule has 1 aromatic heterocycles. The van der Waals surface area contributed by atoms with Crippen molar-refractivity contribution in [3.8, 4) is 17.0 Å². The molecule has 0 unspecified atom stereocenters. The number of anilines is 2. The maximum atomic E-state index is 12.2. The third-order valence-electron chi connectivity index (χ3n) is 5.40. The topological polar surface area (TPSA) is 67.4 Å². The number of nitrogens with zero attached hydrogens (tertiary/aromatic N) is 3. The molecule has 0 bridgehead atoms. The predicted molar refractivity (Wildman–Crippen MR) is 133 cm³/mol. The van der Waals surface area contributed by atoms with E-state index in [1.54, 1.807) is 4.90 Å². The number of ether oxygens (including phenoxy) is 1. The van der Waals surface area contributed by atoms with E-state index in [9.17, 15) is 4.79 Å². The van der Waals surface area contributed by atoms with Crippen molar-refractivity contribution in [3.05, 3.63) is 77.8 Å². The van der Waals surface area contributed by atoms with Crippen LogP contribution in [-0.4, -0.2) is 40.7 Å². The monoisotopic (exact) mass is 460 g/mol. The van der Waals surface area contributed by atoms with Gasteiger partial charge in [0.25, 0.3) is 5.91 Å². The summed E-state index contributed by atoms with van der Waals surface area (Å²) in [6.07, 6.45) is 0. The molecule has 0 aliphatic heterocycles. The van der Waals surface area contributed by atoms with Gasteiger partial charge in [-0.2, -0.15) is 0 Å². The standard InChI is InChI=1S/C26H25ClN4O2/c1-3-31(4-2)24(32)17-33-21-15-9-18(10-16-21)25-22-7-5-6-8-23(22)26(30-29-25)28-20-13-11-19(27)12-14-20/h5-16H,3-4,17H2,1-2H3,(H,28,30). The lowest BCUT2D eigenvalue weighted by Crippen LogP contribution is -2.34. The van der Waals surface area contributed by atoms with E-state index < -0.39 is 0 Å². The summed E-state index contributed by atoms with van der Waals surface area (Å²) in [6.45, 7) is 5.28. The van der Waals surface area contributed by atoms with Crippen molar-refractivity contribution in [1.82, 2.24) is 15.1 Å². The number of hydrogen-bond donors (Lipinski definition) is 1. The Morgan fingerprint density at radius 1 is 0.909 bits per heavy atom. The number of benzene rings is 3. The average Bonchev–Trinajstić information content (AvgIpc) is 2.85. The number of amides is 1. The SMILES string of the molecule is CCN(CC)C(=O)COc1ccc(-c2nnc(Nc3ccc(Cl)cc3)c3ccccc23)cc1. The minimum Gasteiger partial charge on any atom is -0.484 e. The number of carbonyl (C=O) groups excluding carboxylic acids is 1. The van der Waals surface area contributed by atoms with Gasteiger partial charge < -0.3 is 15.0 Å². The molecule has 168 valence electrons. The molecule has 1 N–H and O–H groups in total. The number of aromatic nitrogens is 2. The molecule has 0 spiro atoms. The summed E-state index contributed by atoms with van der Waals surface area (Å²) >= 11 is 5.99. The Balaban J connectivity index is 1.56. The minimum atomic E-state index is -0.0234. The van der Waals surface area contributed by atoms with Crippen LogP contribution in [0.15, 0.2) is 72.8 Å². The van der Waals surface area contributed by atoms with Gasteiger partial charge in [0.05, 0.1) is 0 Å². The minimum absolute atomic E-state index is 0.0226. The van der Waals surface area contributed by atoms with Crippen molar-refractivity contribution in [1.29, 1.82) is 0 Å². The molecular weight excluding hydrogens is 436 g/mol. The number of carbonyl (C=O) groups is 1. The van der Waals surface area contributed by atoms with Crippen molar-refractivity contribution in [2.75, 3.05) is 25.0 Å². The van der Waals surface area contributed by atoms with Crippen molar-refractivity contribution >= 4 is 39.8 Å². The molecular formula is C26H25ClN4O2. The van der Waals surface area contributed by atoms with Crippen molar-refractivity contribution < 1.29 is 9.53 Å². The van der Waals surface area contributed by atoms with E-state index in [0.717, 1.165) is 27.7 Å². The molecule has 0 aliphatic rings. The average molecular weight is 461 g/mol. The Morgan fingerprint density at radius 3 is 2.24 bits per heavy atom. The second-order valence-electron chi connectivity index (χ2n) is 7.45. The van der Waals surface area contributed by atoms with Crippen molar-refractivity contribution in [2.24, 2.45) is 0 Å². The van der Waals surface area contributed by atoms with Gasteiger partial charge in [0.1, 0.15) is 11.4 Å². The number of halogens is 1. The van der Waals surface area contributed by atoms with Crippen LogP contribution in [0.1, 0.15) is 13.8 Å². The Hall–Kier alpha value is -3.64. The zero-order valence-corrected chi connectivity index (χ0v) is 19.3. The number of fused-ring (bicyclic) bond motifs is 1. The first-order valence-corrected chi connectivity index (χ1v) is 11.3. The van der Waals surface area contributed by atoms with Gasteiger partial charge in [0, 0.05) is 40.1 Å². The van der Waals surface area contributed by atoms with Gasteiger partial charge in [-0.3, -0.25) is 4.79 Å². The van der Waals surface area contributed by atoms with Crippen molar-refractivity contribution in [3.63, 3.8) is 0 Å². The molecule has 0 saturated carbocycles. The first-order valence-electron chi connectivity index (χ1n) is 10.9. The molecule has 6 nitrogen and oxygen atoms in total. The van der Waals surface area contributed by atoms with E-state index >= 15 is 0 Å². The molecule has 1 amide bonds. The van der Waals surface area contributed by atoms with Crippen LogP contribution in [0, 0.1) is 0 Å². The van der Waals surface area contributed by atoms with Crippen LogP contribution in [0.5, 0.6) is 5.75 Å². The summed E-state index contributed by atoms with van der Waals surface area (Å²) < 4.78 is 5.68. The fourth-order valence-electron chi connectivity index (χ4n) is 3.60. The van der Waals surface area contributed by atoms with Crippen LogP contribution in [0.3, 0.4) is 0 Å². The maximum Gasteiger partial charge on any atom is 0.260 e. The Kier molecular flexibility index (Phi) is 7.05. The Labute approximate surface area is 198 Å². The lowest BCUT2D eigenvalue weighted by molar-refractivity contribution is -0.132. The first kappa shape index (κ1) is 22.6. The van der Waals surface area contributed by atoms with E-state index in [0.29, 0.717) is 29.7 Å². The third kappa shape index (κ3) is 5.23. The molecule has 4 aromatic rings. The molecule has 33 heavy (non-hydrogen) atoms. The van der Waals surface area contributed by atoms with Gasteiger partial charge in [-0.25, -0.2) is 0 Å². The predicted octanol–water partition coefficient (Wildman–Crippen LogP) is 5.94. The number of likely N-dealkylation sites (N-methyl/N-ethyl adjacent to an activating group) is 1. The molecule has 7 heteroatoms. The number of nitrogens with one attached hydrogen (secondary N) is 1. The smallest absolute Gasteiger partial charge is 0.260 e. The van der Waals surface area contributed by atoms with Crippen molar-refractivity contribution in [2.45, 2.75) is 13.8 Å². The molecule has 0 aliphatic carbocycles. The fourth-order valence-corrected chi connectivity index (χ4v) is 3.73. The van der Waals surface area contributed by atoms with Crippen LogP contribution in [-0.2, 0) is 4.79 Å². The fraction of sp³-hybridized carbons (Fsp3) is 0.192. The highest BCUT2D eigenvalue weighted by atomic mass is 35.5.